The van der Waals surface area contributed by atoms with Crippen molar-refractivity contribution < 1.29 is 14.3 Å². The molecule has 3 rings (SSSR count). The highest BCUT2D eigenvalue weighted by Gasteiger charge is 2.23. The number of carbonyl (C=O) groups is 2. The summed E-state index contributed by atoms with van der Waals surface area (Å²) in [6, 6.07) is 18.5. The van der Waals surface area contributed by atoms with Gasteiger partial charge in [0.1, 0.15) is 5.75 Å². The van der Waals surface area contributed by atoms with Crippen LogP contribution >= 0.6 is 0 Å². The van der Waals surface area contributed by atoms with Crippen molar-refractivity contribution in [2.24, 2.45) is 0 Å². The lowest BCUT2D eigenvalue weighted by molar-refractivity contribution is -0.132. The molecule has 5 nitrogen and oxygen atoms in total. The van der Waals surface area contributed by atoms with E-state index in [1.165, 1.54) is 11.1 Å². The van der Waals surface area contributed by atoms with Crippen molar-refractivity contribution in [3.63, 3.8) is 0 Å². The number of piperidine rings is 1. The second-order valence-electron chi connectivity index (χ2n) is 9.93. The van der Waals surface area contributed by atoms with E-state index in [9.17, 15) is 9.59 Å². The summed E-state index contributed by atoms with van der Waals surface area (Å²) in [6.45, 7) is 8.52. The molecule has 1 saturated heterocycles. The number of likely N-dealkylation sites (tertiary alicyclic amines) is 1. The molecular formula is C28H38N2O3. The number of nitrogens with one attached hydrogen (secondary N) is 1. The lowest BCUT2D eigenvalue weighted by Gasteiger charge is -2.32. The largest absolute Gasteiger partial charge is 0.494 e. The van der Waals surface area contributed by atoms with Crippen LogP contribution in [0.1, 0.15) is 64.0 Å². The quantitative estimate of drug-likeness (QED) is 0.554. The van der Waals surface area contributed by atoms with Crippen molar-refractivity contribution in [2.45, 2.75) is 70.8 Å². The van der Waals surface area contributed by atoms with Gasteiger partial charge in [-0.3, -0.25) is 9.59 Å². The fraction of sp³-hybridized carbons (Fsp3) is 0.500. The van der Waals surface area contributed by atoms with Gasteiger partial charge >= 0.3 is 0 Å². The van der Waals surface area contributed by atoms with Crippen LogP contribution in [0.2, 0.25) is 0 Å². The summed E-state index contributed by atoms with van der Waals surface area (Å²) in [5, 5.41) is 3.13. The minimum Gasteiger partial charge on any atom is -0.494 e. The van der Waals surface area contributed by atoms with E-state index in [4.69, 9.17) is 4.74 Å². The van der Waals surface area contributed by atoms with E-state index < -0.39 is 0 Å². The average molecular weight is 451 g/mol. The Morgan fingerprint density at radius 2 is 1.64 bits per heavy atom. The highest BCUT2D eigenvalue weighted by atomic mass is 16.5. The van der Waals surface area contributed by atoms with Gasteiger partial charge in [0.2, 0.25) is 11.8 Å². The molecule has 1 N–H and O–H groups in total. The molecule has 0 unspecified atom stereocenters. The maximum Gasteiger partial charge on any atom is 0.222 e. The average Bonchev–Trinajstić information content (AvgIpc) is 2.81. The Morgan fingerprint density at radius 3 is 2.27 bits per heavy atom. The smallest absolute Gasteiger partial charge is 0.222 e. The van der Waals surface area contributed by atoms with Gasteiger partial charge in [0.15, 0.2) is 0 Å². The molecule has 5 heteroatoms. The maximum atomic E-state index is 12.5. The molecule has 0 aliphatic carbocycles. The van der Waals surface area contributed by atoms with Crippen molar-refractivity contribution in [3.05, 3.63) is 65.7 Å². The van der Waals surface area contributed by atoms with Crippen molar-refractivity contribution in [1.82, 2.24) is 10.2 Å². The van der Waals surface area contributed by atoms with Crippen molar-refractivity contribution in [1.29, 1.82) is 0 Å². The zero-order chi connectivity index (χ0) is 23.7. The SMILES string of the molecule is CC(C)(C)c1ccc(OCCCC(=O)NC2CCN(C(=O)CCc3ccccc3)CC2)cc1. The van der Waals surface area contributed by atoms with Crippen molar-refractivity contribution in [2.75, 3.05) is 19.7 Å². The third kappa shape index (κ3) is 8.23. The van der Waals surface area contributed by atoms with Gasteiger partial charge in [-0.25, -0.2) is 0 Å². The van der Waals surface area contributed by atoms with Crippen LogP contribution in [0.5, 0.6) is 5.75 Å². The molecular weight excluding hydrogens is 412 g/mol. The first-order valence-corrected chi connectivity index (χ1v) is 12.2. The molecule has 0 bridgehead atoms. The van der Waals surface area contributed by atoms with Crippen LogP contribution in [0, 0.1) is 0 Å². The molecule has 1 aliphatic rings. The second kappa shape index (κ2) is 11.9. The van der Waals surface area contributed by atoms with Gasteiger partial charge in [-0.2, -0.15) is 0 Å². The predicted molar refractivity (Wildman–Crippen MR) is 132 cm³/mol. The Bertz CT molecular complexity index is 880. The van der Waals surface area contributed by atoms with Crippen LogP contribution in [-0.2, 0) is 21.4 Å². The van der Waals surface area contributed by atoms with Gasteiger partial charge in [-0.15, -0.1) is 0 Å². The van der Waals surface area contributed by atoms with Crippen molar-refractivity contribution in [3.8, 4) is 5.75 Å². The minimum atomic E-state index is 0.0653. The normalized spacial score (nSPS) is 14.7. The number of hydrogen-bond acceptors (Lipinski definition) is 3. The second-order valence-corrected chi connectivity index (χ2v) is 9.93. The monoisotopic (exact) mass is 450 g/mol. The molecule has 2 aromatic carbocycles. The van der Waals surface area contributed by atoms with Gasteiger partial charge < -0.3 is 15.0 Å². The van der Waals surface area contributed by atoms with E-state index in [0.29, 0.717) is 39.0 Å². The number of aryl methyl sites for hydroxylation is 1. The Hall–Kier alpha value is -2.82. The summed E-state index contributed by atoms with van der Waals surface area (Å²) in [6.07, 6.45) is 4.10. The van der Waals surface area contributed by atoms with E-state index in [-0.39, 0.29) is 23.3 Å². The Balaban J connectivity index is 1.28. The Morgan fingerprint density at radius 1 is 0.970 bits per heavy atom. The summed E-state index contributed by atoms with van der Waals surface area (Å²) >= 11 is 0. The molecule has 33 heavy (non-hydrogen) atoms. The van der Waals surface area contributed by atoms with E-state index >= 15 is 0 Å². The molecule has 2 amide bonds. The summed E-state index contributed by atoms with van der Waals surface area (Å²) < 4.78 is 5.79. The lowest BCUT2D eigenvalue weighted by atomic mass is 9.87. The number of rotatable bonds is 9. The van der Waals surface area contributed by atoms with E-state index in [1.54, 1.807) is 0 Å². The summed E-state index contributed by atoms with van der Waals surface area (Å²) in [7, 11) is 0. The molecule has 0 aromatic heterocycles. The number of amides is 2. The molecule has 0 saturated carbocycles. The third-order valence-corrected chi connectivity index (χ3v) is 6.22. The summed E-state index contributed by atoms with van der Waals surface area (Å²) in [5.41, 5.74) is 2.60. The predicted octanol–water partition coefficient (Wildman–Crippen LogP) is 4.88. The van der Waals surface area contributed by atoms with Crippen molar-refractivity contribution >= 4 is 11.8 Å². The zero-order valence-corrected chi connectivity index (χ0v) is 20.3. The maximum absolute atomic E-state index is 12.5. The van der Waals surface area contributed by atoms with Gasteiger partial charge in [-0.05, 0) is 54.4 Å². The van der Waals surface area contributed by atoms with Crippen LogP contribution in [0.3, 0.4) is 0 Å². The first kappa shape index (κ1) is 24.8. The number of benzene rings is 2. The number of carbonyl (C=O) groups excluding carboxylic acids is 2. The van der Waals surface area contributed by atoms with Crippen LogP contribution in [0.15, 0.2) is 54.6 Å². The fourth-order valence-electron chi connectivity index (χ4n) is 4.10. The minimum absolute atomic E-state index is 0.0653. The van der Waals surface area contributed by atoms with Crippen LogP contribution in [0.4, 0.5) is 0 Å². The Labute approximate surface area is 198 Å². The topological polar surface area (TPSA) is 58.6 Å². The Kier molecular flexibility index (Phi) is 8.93. The van der Waals surface area contributed by atoms with Crippen LogP contribution in [0.25, 0.3) is 0 Å². The number of ether oxygens (including phenoxy) is 1. The van der Waals surface area contributed by atoms with E-state index in [1.807, 2.05) is 35.2 Å². The van der Waals surface area contributed by atoms with Gasteiger partial charge in [0, 0.05) is 32.0 Å². The molecule has 0 spiro atoms. The molecule has 178 valence electrons. The lowest BCUT2D eigenvalue weighted by Crippen LogP contribution is -2.46. The molecule has 2 aromatic rings. The standard InChI is InChI=1S/C28H38N2O3/c1-28(2,3)23-12-14-25(15-13-23)33-21-7-10-26(31)29-24-17-19-30(20-18-24)27(32)16-11-22-8-5-4-6-9-22/h4-6,8-9,12-15,24H,7,10-11,16-21H2,1-3H3,(H,29,31). The van der Waals surface area contributed by atoms with Crippen LogP contribution < -0.4 is 10.1 Å². The summed E-state index contributed by atoms with van der Waals surface area (Å²) in [5.74, 6) is 1.11. The third-order valence-electron chi connectivity index (χ3n) is 6.22. The van der Waals surface area contributed by atoms with Gasteiger partial charge in [-0.1, -0.05) is 63.2 Å². The molecule has 1 fully saturated rings. The highest BCUT2D eigenvalue weighted by molar-refractivity contribution is 5.77. The molecule has 0 atom stereocenters. The highest BCUT2D eigenvalue weighted by Crippen LogP contribution is 2.24. The van der Waals surface area contributed by atoms with E-state index in [0.717, 1.165) is 25.0 Å². The summed E-state index contributed by atoms with van der Waals surface area (Å²) in [4.78, 5) is 26.7. The first-order valence-electron chi connectivity index (χ1n) is 12.2. The molecule has 1 heterocycles. The molecule has 0 radical (unpaired) electrons. The zero-order valence-electron chi connectivity index (χ0n) is 20.3. The number of nitrogens with zero attached hydrogens (tertiary/aromatic N) is 1. The van der Waals surface area contributed by atoms with Crippen LogP contribution in [-0.4, -0.2) is 42.5 Å². The van der Waals surface area contributed by atoms with Gasteiger partial charge in [0.25, 0.3) is 0 Å². The van der Waals surface area contributed by atoms with E-state index in [2.05, 4.69) is 50.4 Å². The number of hydrogen-bond donors (Lipinski definition) is 1. The first-order chi connectivity index (χ1) is 15.8. The fourth-order valence-corrected chi connectivity index (χ4v) is 4.10. The molecule has 1 aliphatic heterocycles. The van der Waals surface area contributed by atoms with Gasteiger partial charge in [0.05, 0.1) is 6.61 Å².